The molecule has 1 aliphatic heterocycles. The molecule has 3 aliphatic rings. The third-order valence-electron chi connectivity index (χ3n) is 4.76. The first-order valence-electron chi connectivity index (χ1n) is 7.40. The quantitative estimate of drug-likeness (QED) is 0.857. The van der Waals surface area contributed by atoms with E-state index in [1.807, 2.05) is 10.9 Å². The van der Waals surface area contributed by atoms with Crippen LogP contribution in [0.15, 0.2) is 24.5 Å². The average Bonchev–Trinajstić information content (AvgIpc) is 3.22. The maximum atomic E-state index is 12.3. The molecule has 0 aromatic carbocycles. The molecule has 1 N–H and O–H groups in total. The van der Waals surface area contributed by atoms with Crippen molar-refractivity contribution in [2.75, 3.05) is 18.5 Å². The van der Waals surface area contributed by atoms with Crippen LogP contribution < -0.4 is 5.32 Å². The van der Waals surface area contributed by atoms with Crippen molar-refractivity contribution in [1.82, 2.24) is 9.78 Å². The van der Waals surface area contributed by atoms with E-state index >= 15 is 0 Å². The van der Waals surface area contributed by atoms with Gasteiger partial charge >= 0.3 is 0 Å². The van der Waals surface area contributed by atoms with Crippen molar-refractivity contribution in [2.24, 2.45) is 17.8 Å². The van der Waals surface area contributed by atoms with Crippen LogP contribution in [0, 0.1) is 17.8 Å². The molecule has 1 aromatic rings. The molecule has 5 heteroatoms. The van der Waals surface area contributed by atoms with Crippen LogP contribution in [0.4, 0.5) is 5.69 Å². The van der Waals surface area contributed by atoms with Gasteiger partial charge in [0.05, 0.1) is 24.5 Å². The number of fused-ring (bicyclic) bond motifs is 2. The second-order valence-electron chi connectivity index (χ2n) is 6.10. The monoisotopic (exact) mass is 273 g/mol. The summed E-state index contributed by atoms with van der Waals surface area (Å²) < 4.78 is 7.27. The minimum atomic E-state index is 0.142. The normalized spacial score (nSPS) is 34.8. The van der Waals surface area contributed by atoms with Crippen LogP contribution in [0.5, 0.6) is 0 Å². The molecule has 1 saturated heterocycles. The molecular formula is C15H19N3O2. The Morgan fingerprint density at radius 1 is 1.40 bits per heavy atom. The minimum Gasteiger partial charge on any atom is -0.379 e. The Bertz CT molecular complexity index is 545. The molecule has 106 valence electrons. The predicted octanol–water partition coefficient (Wildman–Crippen LogP) is 2.00. The van der Waals surface area contributed by atoms with E-state index in [-0.39, 0.29) is 11.8 Å². The molecule has 20 heavy (non-hydrogen) atoms. The van der Waals surface area contributed by atoms with Crippen LogP contribution >= 0.6 is 0 Å². The highest BCUT2D eigenvalue weighted by Crippen LogP contribution is 2.43. The number of nitrogens with zero attached hydrogens (tertiary/aromatic N) is 2. The highest BCUT2D eigenvalue weighted by atomic mass is 16.5. The maximum Gasteiger partial charge on any atom is 0.228 e. The van der Waals surface area contributed by atoms with E-state index in [1.54, 1.807) is 6.20 Å². The molecule has 5 nitrogen and oxygen atoms in total. The SMILES string of the molecule is O=C(Nc1cnn([C@@H]2CCOC2)c1)[C@@H]1C[C@H]2C=C[C@H]1C2. The van der Waals surface area contributed by atoms with Gasteiger partial charge in [-0.1, -0.05) is 12.2 Å². The summed E-state index contributed by atoms with van der Waals surface area (Å²) in [6.45, 7) is 1.51. The molecule has 4 rings (SSSR count). The Hall–Kier alpha value is -1.62. The van der Waals surface area contributed by atoms with Crippen molar-refractivity contribution in [1.29, 1.82) is 0 Å². The summed E-state index contributed by atoms with van der Waals surface area (Å²) in [5, 5.41) is 7.35. The lowest BCUT2D eigenvalue weighted by Crippen LogP contribution is -2.25. The number of hydrogen-bond acceptors (Lipinski definition) is 3. The molecule has 4 atom stereocenters. The number of nitrogens with one attached hydrogen (secondary N) is 1. The van der Waals surface area contributed by atoms with Gasteiger partial charge in [0.15, 0.2) is 0 Å². The van der Waals surface area contributed by atoms with Gasteiger partial charge in [0.1, 0.15) is 0 Å². The zero-order valence-electron chi connectivity index (χ0n) is 11.4. The molecule has 0 radical (unpaired) electrons. The molecular weight excluding hydrogens is 254 g/mol. The summed E-state index contributed by atoms with van der Waals surface area (Å²) in [5.41, 5.74) is 0.800. The third kappa shape index (κ3) is 2.06. The largest absolute Gasteiger partial charge is 0.379 e. The summed E-state index contributed by atoms with van der Waals surface area (Å²) in [6, 6.07) is 0.311. The van der Waals surface area contributed by atoms with Gasteiger partial charge in [-0.15, -0.1) is 0 Å². The zero-order chi connectivity index (χ0) is 13.5. The van der Waals surface area contributed by atoms with E-state index in [4.69, 9.17) is 4.74 Å². The van der Waals surface area contributed by atoms with Gasteiger partial charge < -0.3 is 10.1 Å². The number of hydrogen-bond donors (Lipinski definition) is 1. The lowest BCUT2D eigenvalue weighted by atomic mass is 9.93. The standard InChI is InChI=1S/C15H19N3O2/c19-15(14-6-10-1-2-11(14)5-10)17-12-7-16-18(8-12)13-3-4-20-9-13/h1-2,7-8,10-11,13-14H,3-6,9H2,(H,17,19)/t10-,11-,13+,14+/m0/s1. The van der Waals surface area contributed by atoms with Gasteiger partial charge in [-0.25, -0.2) is 0 Å². The molecule has 0 spiro atoms. The second-order valence-corrected chi connectivity index (χ2v) is 6.10. The highest BCUT2D eigenvalue weighted by Gasteiger charge is 2.39. The first-order chi connectivity index (χ1) is 9.79. The molecule has 1 saturated carbocycles. The Kier molecular flexibility index (Phi) is 2.88. The van der Waals surface area contributed by atoms with E-state index in [0.717, 1.165) is 31.6 Å². The Morgan fingerprint density at radius 2 is 2.35 bits per heavy atom. The van der Waals surface area contributed by atoms with E-state index in [2.05, 4.69) is 22.6 Å². The van der Waals surface area contributed by atoms with Crippen LogP contribution in [0.1, 0.15) is 25.3 Å². The van der Waals surface area contributed by atoms with Crippen molar-refractivity contribution in [3.63, 3.8) is 0 Å². The fourth-order valence-corrected chi connectivity index (χ4v) is 3.65. The van der Waals surface area contributed by atoms with Crippen LogP contribution in [-0.4, -0.2) is 28.9 Å². The van der Waals surface area contributed by atoms with Gasteiger partial charge in [0.25, 0.3) is 0 Å². The molecule has 2 heterocycles. The van der Waals surface area contributed by atoms with Gasteiger partial charge in [0.2, 0.25) is 5.91 Å². The number of rotatable bonds is 3. The van der Waals surface area contributed by atoms with Crippen LogP contribution in [0.3, 0.4) is 0 Å². The summed E-state index contributed by atoms with van der Waals surface area (Å²) in [6.07, 6.45) is 11.3. The molecule has 0 unspecified atom stereocenters. The van der Waals surface area contributed by atoms with E-state index in [1.165, 1.54) is 0 Å². The smallest absolute Gasteiger partial charge is 0.228 e. The highest BCUT2D eigenvalue weighted by molar-refractivity contribution is 5.93. The molecule has 1 aromatic heterocycles. The number of aromatic nitrogens is 2. The van der Waals surface area contributed by atoms with Crippen molar-refractivity contribution in [3.05, 3.63) is 24.5 Å². The van der Waals surface area contributed by atoms with Crippen molar-refractivity contribution < 1.29 is 9.53 Å². The number of anilines is 1. The molecule has 2 bridgehead atoms. The van der Waals surface area contributed by atoms with Crippen LogP contribution in [0.25, 0.3) is 0 Å². The predicted molar refractivity (Wildman–Crippen MR) is 74.2 cm³/mol. The lowest BCUT2D eigenvalue weighted by Gasteiger charge is -2.16. The first kappa shape index (κ1) is 12.1. The summed E-state index contributed by atoms with van der Waals surface area (Å²) in [4.78, 5) is 12.3. The van der Waals surface area contributed by atoms with Gasteiger partial charge in [-0.05, 0) is 31.1 Å². The summed E-state index contributed by atoms with van der Waals surface area (Å²) in [5.74, 6) is 1.35. The van der Waals surface area contributed by atoms with E-state index < -0.39 is 0 Å². The Morgan fingerprint density at radius 3 is 3.05 bits per heavy atom. The number of allylic oxidation sites excluding steroid dienone is 2. The van der Waals surface area contributed by atoms with Crippen molar-refractivity contribution >= 4 is 11.6 Å². The number of ether oxygens (including phenoxy) is 1. The topological polar surface area (TPSA) is 56.2 Å². The number of carbonyl (C=O) groups excluding carboxylic acids is 1. The number of amides is 1. The van der Waals surface area contributed by atoms with Crippen molar-refractivity contribution in [3.8, 4) is 0 Å². The number of carbonyl (C=O) groups is 1. The summed E-state index contributed by atoms with van der Waals surface area (Å²) in [7, 11) is 0. The minimum absolute atomic E-state index is 0.142. The van der Waals surface area contributed by atoms with Gasteiger partial charge in [-0.3, -0.25) is 9.48 Å². The average molecular weight is 273 g/mol. The first-order valence-corrected chi connectivity index (χ1v) is 7.40. The Labute approximate surface area is 118 Å². The van der Waals surface area contributed by atoms with E-state index in [9.17, 15) is 4.79 Å². The Balaban J connectivity index is 1.41. The zero-order valence-corrected chi connectivity index (χ0v) is 11.4. The third-order valence-corrected chi connectivity index (χ3v) is 4.76. The van der Waals surface area contributed by atoms with Gasteiger partial charge in [-0.2, -0.15) is 5.10 Å². The molecule has 2 fully saturated rings. The molecule has 2 aliphatic carbocycles. The van der Waals surface area contributed by atoms with Crippen molar-refractivity contribution in [2.45, 2.75) is 25.3 Å². The summed E-state index contributed by atoms with van der Waals surface area (Å²) >= 11 is 0. The maximum absolute atomic E-state index is 12.3. The fraction of sp³-hybridized carbons (Fsp3) is 0.600. The lowest BCUT2D eigenvalue weighted by molar-refractivity contribution is -0.120. The molecule has 1 amide bonds. The fourth-order valence-electron chi connectivity index (χ4n) is 3.65. The van der Waals surface area contributed by atoms with Crippen LogP contribution in [0.2, 0.25) is 0 Å². The second kappa shape index (κ2) is 4.74. The van der Waals surface area contributed by atoms with Crippen LogP contribution in [-0.2, 0) is 9.53 Å². The van der Waals surface area contributed by atoms with Gasteiger partial charge in [0, 0.05) is 18.7 Å². The van der Waals surface area contributed by atoms with E-state index in [0.29, 0.717) is 24.5 Å².